The Kier molecular flexibility index (Phi) is 3.92. The largest absolute Gasteiger partial charge is 0.481 e. The normalized spacial score (nSPS) is 12.2. The van der Waals surface area contributed by atoms with Crippen LogP contribution in [-0.2, 0) is 4.64 Å². The molecule has 0 aliphatic carbocycles. The summed E-state index contributed by atoms with van der Waals surface area (Å²) in [5.41, 5.74) is 0.961. The van der Waals surface area contributed by atoms with E-state index in [0.29, 0.717) is 6.04 Å². The molecule has 0 fully saturated rings. The number of rotatable bonds is 3. The minimum absolute atomic E-state index is 0.173. The standard InChI is InChI=1S/C8H17N2OP3/c1-5(2)10-7(11-3)4-6(9-10)8(12,13)14/h4-5H,12-14H2,1-3H3. The van der Waals surface area contributed by atoms with E-state index >= 15 is 0 Å². The molecule has 0 aromatic carbocycles. The maximum Gasteiger partial charge on any atom is 0.212 e. The molecule has 0 N–H and O–H groups in total. The average molecular weight is 250 g/mol. The van der Waals surface area contributed by atoms with Gasteiger partial charge in [0.15, 0.2) is 0 Å². The fourth-order valence-corrected chi connectivity index (χ4v) is 1.53. The summed E-state index contributed by atoms with van der Waals surface area (Å²) in [4.78, 5) is 0. The number of aromatic nitrogens is 2. The summed E-state index contributed by atoms with van der Waals surface area (Å²) in [5, 5.41) is 4.48. The van der Waals surface area contributed by atoms with Crippen molar-refractivity contribution in [1.29, 1.82) is 0 Å². The van der Waals surface area contributed by atoms with Crippen molar-refractivity contribution in [2.24, 2.45) is 0 Å². The molecular weight excluding hydrogens is 233 g/mol. The van der Waals surface area contributed by atoms with Crippen LogP contribution in [0, 0.1) is 0 Å². The molecule has 0 bridgehead atoms. The second-order valence-electron chi connectivity index (χ2n) is 3.54. The summed E-state index contributed by atoms with van der Waals surface area (Å²) >= 11 is 0. The van der Waals surface area contributed by atoms with E-state index in [-0.39, 0.29) is 4.64 Å². The number of hydrogen-bond acceptors (Lipinski definition) is 2. The van der Waals surface area contributed by atoms with E-state index in [1.54, 1.807) is 7.11 Å². The zero-order chi connectivity index (χ0) is 10.9. The van der Waals surface area contributed by atoms with Crippen molar-refractivity contribution >= 4 is 27.7 Å². The first-order valence-corrected chi connectivity index (χ1v) is 6.10. The third-order valence-electron chi connectivity index (χ3n) is 1.84. The topological polar surface area (TPSA) is 27.1 Å². The first-order chi connectivity index (χ1) is 6.36. The Balaban J connectivity index is 3.13. The number of hydrogen-bond donors (Lipinski definition) is 0. The van der Waals surface area contributed by atoms with E-state index < -0.39 is 0 Å². The molecule has 80 valence electrons. The fourth-order valence-electron chi connectivity index (χ4n) is 1.11. The number of methoxy groups -OCH3 is 1. The highest BCUT2D eigenvalue weighted by Gasteiger charge is 2.21. The van der Waals surface area contributed by atoms with Crippen LogP contribution in [0.4, 0.5) is 0 Å². The second kappa shape index (κ2) is 4.44. The molecule has 0 aliphatic rings. The molecule has 1 aromatic rings. The van der Waals surface area contributed by atoms with E-state index in [2.05, 4.69) is 46.7 Å². The summed E-state index contributed by atoms with van der Waals surface area (Å²) in [5.74, 6) is 0.798. The Hall–Kier alpha value is 0.300. The van der Waals surface area contributed by atoms with Crippen LogP contribution in [0.5, 0.6) is 5.88 Å². The third kappa shape index (κ3) is 2.66. The quantitative estimate of drug-likeness (QED) is 0.769. The molecule has 0 radical (unpaired) electrons. The SMILES string of the molecule is COc1cc(C(P)(P)P)nn1C(C)C. The van der Waals surface area contributed by atoms with Crippen LogP contribution < -0.4 is 4.74 Å². The summed E-state index contributed by atoms with van der Waals surface area (Å²) in [6, 6.07) is 2.26. The zero-order valence-corrected chi connectivity index (χ0v) is 12.2. The van der Waals surface area contributed by atoms with Crippen LogP contribution in [0.25, 0.3) is 0 Å². The van der Waals surface area contributed by atoms with Crippen LogP contribution in [0.3, 0.4) is 0 Å². The van der Waals surface area contributed by atoms with Gasteiger partial charge in [0, 0.05) is 6.07 Å². The first-order valence-electron chi connectivity index (χ1n) is 4.37. The lowest BCUT2D eigenvalue weighted by Gasteiger charge is -2.14. The Morgan fingerprint density at radius 1 is 1.43 bits per heavy atom. The van der Waals surface area contributed by atoms with Gasteiger partial charge in [-0.1, -0.05) is 0 Å². The monoisotopic (exact) mass is 250 g/mol. The summed E-state index contributed by atoms with van der Waals surface area (Å²) < 4.78 is 6.96. The van der Waals surface area contributed by atoms with Gasteiger partial charge in [-0.2, -0.15) is 5.10 Å². The van der Waals surface area contributed by atoms with Gasteiger partial charge in [0.05, 0.1) is 23.5 Å². The van der Waals surface area contributed by atoms with Crippen molar-refractivity contribution in [2.75, 3.05) is 7.11 Å². The van der Waals surface area contributed by atoms with Gasteiger partial charge >= 0.3 is 0 Å². The van der Waals surface area contributed by atoms with Gasteiger partial charge in [0.25, 0.3) is 0 Å². The summed E-state index contributed by atoms with van der Waals surface area (Å²) in [6.45, 7) is 4.16. The Morgan fingerprint density at radius 2 is 2.00 bits per heavy atom. The number of nitrogens with zero attached hydrogens (tertiary/aromatic N) is 2. The molecule has 0 amide bonds. The Bertz CT molecular complexity index is 317. The third-order valence-corrected chi connectivity index (χ3v) is 2.73. The van der Waals surface area contributed by atoms with Crippen LogP contribution in [0.1, 0.15) is 25.6 Å². The van der Waals surface area contributed by atoms with Gasteiger partial charge in [0.2, 0.25) is 5.88 Å². The predicted molar refractivity (Wildman–Crippen MR) is 70.0 cm³/mol. The summed E-state index contributed by atoms with van der Waals surface area (Å²) in [6.07, 6.45) is 0. The molecule has 0 spiro atoms. The second-order valence-corrected chi connectivity index (χ2v) is 8.41. The average Bonchev–Trinajstić information content (AvgIpc) is 2.45. The van der Waals surface area contributed by atoms with Crippen LogP contribution in [0.15, 0.2) is 6.07 Å². The van der Waals surface area contributed by atoms with E-state index in [9.17, 15) is 0 Å². The van der Waals surface area contributed by atoms with E-state index in [4.69, 9.17) is 4.74 Å². The van der Waals surface area contributed by atoms with Crippen molar-refractivity contribution in [3.8, 4) is 5.88 Å². The molecule has 1 heterocycles. The Labute approximate surface area is 92.0 Å². The lowest BCUT2D eigenvalue weighted by molar-refractivity contribution is 0.345. The van der Waals surface area contributed by atoms with Crippen molar-refractivity contribution in [3.05, 3.63) is 11.8 Å². The molecule has 1 rings (SSSR count). The van der Waals surface area contributed by atoms with E-state index in [1.807, 2.05) is 10.7 Å². The van der Waals surface area contributed by atoms with Gasteiger partial charge in [-0.05, 0) is 13.8 Å². The minimum atomic E-state index is -0.173. The van der Waals surface area contributed by atoms with E-state index in [0.717, 1.165) is 11.6 Å². The molecule has 3 atom stereocenters. The number of ether oxygens (including phenoxy) is 1. The van der Waals surface area contributed by atoms with Crippen molar-refractivity contribution in [1.82, 2.24) is 9.78 Å². The van der Waals surface area contributed by atoms with E-state index in [1.165, 1.54) is 0 Å². The highest BCUT2D eigenvalue weighted by molar-refractivity contribution is 7.56. The predicted octanol–water partition coefficient (Wildman–Crippen LogP) is 2.21. The van der Waals surface area contributed by atoms with Gasteiger partial charge in [-0.15, -0.1) is 27.7 Å². The van der Waals surface area contributed by atoms with Crippen LogP contribution in [0.2, 0.25) is 0 Å². The van der Waals surface area contributed by atoms with Crippen molar-refractivity contribution < 1.29 is 4.74 Å². The fraction of sp³-hybridized carbons (Fsp3) is 0.625. The van der Waals surface area contributed by atoms with Gasteiger partial charge in [-0.3, -0.25) is 0 Å². The summed E-state index contributed by atoms with van der Waals surface area (Å²) in [7, 11) is 9.80. The highest BCUT2D eigenvalue weighted by Crippen LogP contribution is 2.45. The molecule has 1 aromatic heterocycles. The van der Waals surface area contributed by atoms with Crippen molar-refractivity contribution in [2.45, 2.75) is 24.5 Å². The maximum absolute atomic E-state index is 5.26. The lowest BCUT2D eigenvalue weighted by Crippen LogP contribution is -2.07. The van der Waals surface area contributed by atoms with Crippen LogP contribution in [-0.4, -0.2) is 16.9 Å². The molecule has 14 heavy (non-hydrogen) atoms. The molecule has 3 nitrogen and oxygen atoms in total. The molecular formula is C8H17N2OP3. The van der Waals surface area contributed by atoms with Gasteiger partial charge < -0.3 is 4.74 Å². The molecule has 0 saturated heterocycles. The minimum Gasteiger partial charge on any atom is -0.481 e. The smallest absolute Gasteiger partial charge is 0.212 e. The molecule has 0 aliphatic heterocycles. The van der Waals surface area contributed by atoms with Gasteiger partial charge in [0.1, 0.15) is 0 Å². The highest BCUT2D eigenvalue weighted by atomic mass is 31.1. The van der Waals surface area contributed by atoms with Crippen LogP contribution >= 0.6 is 27.7 Å². The molecule has 3 unspecified atom stereocenters. The maximum atomic E-state index is 5.26. The Morgan fingerprint density at radius 3 is 2.29 bits per heavy atom. The zero-order valence-electron chi connectivity index (χ0n) is 8.69. The van der Waals surface area contributed by atoms with Gasteiger partial charge in [-0.25, -0.2) is 4.68 Å². The molecule has 0 saturated carbocycles. The first kappa shape index (κ1) is 12.4. The lowest BCUT2D eigenvalue weighted by atomic mass is 10.4. The van der Waals surface area contributed by atoms with Crippen molar-refractivity contribution in [3.63, 3.8) is 0 Å². The molecule has 6 heteroatoms.